The number of methoxy groups -OCH3 is 1. The van der Waals surface area contributed by atoms with Crippen LogP contribution in [0, 0.1) is 5.41 Å². The van der Waals surface area contributed by atoms with Crippen LogP contribution >= 0.6 is 0 Å². The Morgan fingerprint density at radius 3 is 2.31 bits per heavy atom. The van der Waals surface area contributed by atoms with Crippen LogP contribution in [0.4, 0.5) is 0 Å². The number of hydrogen-bond acceptors (Lipinski definition) is 4. The van der Waals surface area contributed by atoms with Crippen molar-refractivity contribution in [3.8, 4) is 0 Å². The molecule has 0 aromatic heterocycles. The summed E-state index contributed by atoms with van der Waals surface area (Å²) in [7, 11) is 1.50. The standard InChI is InChI=1S/C11H24N2O3/c1-10(2,11(3,4)12)9(15)13-6-8(14)7-16-5/h8,14H,6-7,12H2,1-5H3,(H,13,15). The Morgan fingerprint density at radius 1 is 1.44 bits per heavy atom. The molecule has 0 heterocycles. The first-order valence-corrected chi connectivity index (χ1v) is 5.37. The summed E-state index contributed by atoms with van der Waals surface area (Å²) in [4.78, 5) is 11.9. The summed E-state index contributed by atoms with van der Waals surface area (Å²) in [5.41, 5.74) is 4.61. The molecule has 16 heavy (non-hydrogen) atoms. The predicted octanol–water partition coefficient (Wildman–Crippen LogP) is -0.127. The van der Waals surface area contributed by atoms with Crippen molar-refractivity contribution >= 4 is 5.91 Å². The van der Waals surface area contributed by atoms with Crippen LogP contribution in [0.1, 0.15) is 27.7 Å². The van der Waals surface area contributed by atoms with E-state index in [1.165, 1.54) is 7.11 Å². The Morgan fingerprint density at radius 2 is 1.94 bits per heavy atom. The number of hydrogen-bond donors (Lipinski definition) is 3. The van der Waals surface area contributed by atoms with Gasteiger partial charge in [-0.1, -0.05) is 0 Å². The zero-order chi connectivity index (χ0) is 13.0. The van der Waals surface area contributed by atoms with Gasteiger partial charge in [0.2, 0.25) is 5.91 Å². The van der Waals surface area contributed by atoms with Crippen molar-refractivity contribution in [3.63, 3.8) is 0 Å². The van der Waals surface area contributed by atoms with Crippen molar-refractivity contribution in [1.29, 1.82) is 0 Å². The van der Waals surface area contributed by atoms with Gasteiger partial charge in [0.25, 0.3) is 0 Å². The maximum Gasteiger partial charge on any atom is 0.227 e. The largest absolute Gasteiger partial charge is 0.389 e. The van der Waals surface area contributed by atoms with Crippen molar-refractivity contribution in [2.24, 2.45) is 11.1 Å². The highest BCUT2D eigenvalue weighted by Gasteiger charge is 2.40. The number of rotatable bonds is 6. The van der Waals surface area contributed by atoms with E-state index in [1.54, 1.807) is 27.7 Å². The average molecular weight is 232 g/mol. The van der Waals surface area contributed by atoms with Crippen molar-refractivity contribution in [1.82, 2.24) is 5.32 Å². The number of carbonyl (C=O) groups is 1. The fourth-order valence-corrected chi connectivity index (χ4v) is 0.975. The molecule has 0 spiro atoms. The van der Waals surface area contributed by atoms with Crippen molar-refractivity contribution in [2.75, 3.05) is 20.3 Å². The number of ether oxygens (including phenoxy) is 1. The van der Waals surface area contributed by atoms with E-state index in [2.05, 4.69) is 5.32 Å². The van der Waals surface area contributed by atoms with E-state index in [9.17, 15) is 9.90 Å². The van der Waals surface area contributed by atoms with Gasteiger partial charge >= 0.3 is 0 Å². The lowest BCUT2D eigenvalue weighted by Gasteiger charge is -2.37. The topological polar surface area (TPSA) is 84.6 Å². The summed E-state index contributed by atoms with van der Waals surface area (Å²) in [6.07, 6.45) is -0.689. The van der Waals surface area contributed by atoms with Gasteiger partial charge in [0, 0.05) is 19.2 Å². The summed E-state index contributed by atoms with van der Waals surface area (Å²) in [6, 6.07) is 0. The monoisotopic (exact) mass is 232 g/mol. The van der Waals surface area contributed by atoms with E-state index >= 15 is 0 Å². The van der Waals surface area contributed by atoms with Crippen LogP contribution < -0.4 is 11.1 Å². The zero-order valence-electron chi connectivity index (χ0n) is 10.8. The van der Waals surface area contributed by atoms with Crippen LogP contribution in [0.3, 0.4) is 0 Å². The Hall–Kier alpha value is -0.650. The lowest BCUT2D eigenvalue weighted by atomic mass is 9.74. The number of aliphatic hydroxyl groups is 1. The molecule has 96 valence electrons. The molecular formula is C11H24N2O3. The van der Waals surface area contributed by atoms with Gasteiger partial charge in [-0.15, -0.1) is 0 Å². The first-order chi connectivity index (χ1) is 7.13. The predicted molar refractivity (Wildman–Crippen MR) is 62.9 cm³/mol. The summed E-state index contributed by atoms with van der Waals surface area (Å²) in [6.45, 7) is 7.55. The number of amides is 1. The number of nitrogens with one attached hydrogen (secondary N) is 1. The normalized spacial score (nSPS) is 14.7. The Labute approximate surface area is 97.3 Å². The van der Waals surface area contributed by atoms with Gasteiger partial charge in [0.1, 0.15) is 0 Å². The van der Waals surface area contributed by atoms with Crippen LogP contribution in [0.25, 0.3) is 0 Å². The quantitative estimate of drug-likeness (QED) is 0.596. The van der Waals surface area contributed by atoms with Crippen LogP contribution in [0.2, 0.25) is 0 Å². The molecule has 5 nitrogen and oxygen atoms in total. The third-order valence-electron chi connectivity index (χ3n) is 3.04. The second kappa shape index (κ2) is 5.61. The van der Waals surface area contributed by atoms with E-state index in [1.807, 2.05) is 0 Å². The molecule has 1 unspecified atom stereocenters. The molecule has 0 aliphatic carbocycles. The second-order valence-electron chi connectivity index (χ2n) is 5.17. The molecular weight excluding hydrogens is 208 g/mol. The molecule has 0 fully saturated rings. The van der Waals surface area contributed by atoms with Crippen molar-refractivity contribution in [2.45, 2.75) is 39.3 Å². The summed E-state index contributed by atoms with van der Waals surface area (Å²) >= 11 is 0. The van der Waals surface area contributed by atoms with Crippen LogP contribution in [0.5, 0.6) is 0 Å². The van der Waals surface area contributed by atoms with Gasteiger partial charge in [0.05, 0.1) is 18.1 Å². The smallest absolute Gasteiger partial charge is 0.227 e. The highest BCUT2D eigenvalue weighted by Crippen LogP contribution is 2.28. The number of nitrogens with two attached hydrogens (primary N) is 1. The van der Waals surface area contributed by atoms with Crippen LogP contribution in [0.15, 0.2) is 0 Å². The minimum absolute atomic E-state index is 0.171. The van der Waals surface area contributed by atoms with Gasteiger partial charge in [-0.25, -0.2) is 0 Å². The Kier molecular flexibility index (Phi) is 5.38. The first kappa shape index (κ1) is 15.3. The van der Waals surface area contributed by atoms with E-state index in [4.69, 9.17) is 10.5 Å². The fourth-order valence-electron chi connectivity index (χ4n) is 0.975. The third kappa shape index (κ3) is 4.08. The molecule has 0 aliphatic heterocycles. The lowest BCUT2D eigenvalue weighted by molar-refractivity contribution is -0.132. The minimum atomic E-state index is -0.695. The summed E-state index contributed by atoms with van der Waals surface area (Å²) in [5.74, 6) is -0.171. The van der Waals surface area contributed by atoms with Gasteiger partial charge < -0.3 is 20.9 Å². The maximum atomic E-state index is 11.9. The van der Waals surface area contributed by atoms with E-state index < -0.39 is 17.1 Å². The molecule has 0 aliphatic rings. The van der Waals surface area contributed by atoms with E-state index in [0.717, 1.165) is 0 Å². The molecule has 0 aromatic carbocycles. The number of carbonyl (C=O) groups excluding carboxylic acids is 1. The van der Waals surface area contributed by atoms with Crippen LogP contribution in [-0.2, 0) is 9.53 Å². The second-order valence-corrected chi connectivity index (χ2v) is 5.17. The van der Waals surface area contributed by atoms with Gasteiger partial charge in [-0.05, 0) is 27.7 Å². The Bertz CT molecular complexity index is 234. The molecule has 0 radical (unpaired) electrons. The average Bonchev–Trinajstić information content (AvgIpc) is 2.12. The van der Waals surface area contributed by atoms with Crippen LogP contribution in [-0.4, -0.2) is 42.9 Å². The molecule has 0 saturated carbocycles. The summed E-state index contributed by atoms with van der Waals surface area (Å²) in [5, 5.41) is 12.1. The molecule has 0 bridgehead atoms. The highest BCUT2D eigenvalue weighted by atomic mass is 16.5. The zero-order valence-corrected chi connectivity index (χ0v) is 10.8. The van der Waals surface area contributed by atoms with Crippen molar-refractivity contribution in [3.05, 3.63) is 0 Å². The molecule has 0 saturated heterocycles. The molecule has 5 heteroatoms. The van der Waals surface area contributed by atoms with Gasteiger partial charge in [-0.3, -0.25) is 4.79 Å². The first-order valence-electron chi connectivity index (χ1n) is 5.37. The molecule has 0 rings (SSSR count). The maximum absolute atomic E-state index is 11.9. The molecule has 0 aromatic rings. The molecule has 4 N–H and O–H groups in total. The lowest BCUT2D eigenvalue weighted by Crippen LogP contribution is -2.56. The van der Waals surface area contributed by atoms with Gasteiger partial charge in [-0.2, -0.15) is 0 Å². The SMILES string of the molecule is COCC(O)CNC(=O)C(C)(C)C(C)(C)N. The van der Waals surface area contributed by atoms with E-state index in [0.29, 0.717) is 0 Å². The van der Waals surface area contributed by atoms with Crippen molar-refractivity contribution < 1.29 is 14.6 Å². The molecule has 1 atom stereocenters. The third-order valence-corrected chi connectivity index (χ3v) is 3.04. The van der Waals surface area contributed by atoms with E-state index in [-0.39, 0.29) is 19.1 Å². The summed E-state index contributed by atoms with van der Waals surface area (Å²) < 4.78 is 4.76. The highest BCUT2D eigenvalue weighted by molar-refractivity contribution is 5.83. The molecule has 1 amide bonds. The number of aliphatic hydroxyl groups excluding tert-OH is 1. The van der Waals surface area contributed by atoms with Gasteiger partial charge in [0.15, 0.2) is 0 Å². The minimum Gasteiger partial charge on any atom is -0.389 e. The Balaban J connectivity index is 4.27. The fraction of sp³-hybridized carbons (Fsp3) is 0.909.